The lowest BCUT2D eigenvalue weighted by Gasteiger charge is -2.38. The van der Waals surface area contributed by atoms with Crippen LogP contribution in [0.15, 0.2) is 28.4 Å². The van der Waals surface area contributed by atoms with Crippen LogP contribution in [0.5, 0.6) is 5.75 Å². The topological polar surface area (TPSA) is 55.7 Å². The monoisotopic (exact) mass is 419 g/mol. The zero-order valence-corrected chi connectivity index (χ0v) is 17.4. The minimum Gasteiger partial charge on any atom is -0.490 e. The molecule has 1 saturated carbocycles. The number of hydrogen-bond acceptors (Lipinski definition) is 4. The second-order valence-electron chi connectivity index (χ2n) is 7.68. The van der Waals surface area contributed by atoms with Gasteiger partial charge in [-0.3, -0.25) is 14.6 Å². The third-order valence-corrected chi connectivity index (χ3v) is 6.31. The van der Waals surface area contributed by atoms with Gasteiger partial charge in [-0.05, 0) is 49.8 Å². The van der Waals surface area contributed by atoms with Crippen LogP contribution in [0.3, 0.4) is 0 Å². The molecule has 0 amide bonds. The lowest BCUT2D eigenvalue weighted by molar-refractivity contribution is -0.122. The molecule has 28 heavy (non-hydrogen) atoms. The van der Waals surface area contributed by atoms with Crippen molar-refractivity contribution in [2.24, 2.45) is 10.9 Å². The summed E-state index contributed by atoms with van der Waals surface area (Å²) >= 11 is 13.0. The van der Waals surface area contributed by atoms with Crippen molar-refractivity contribution < 1.29 is 14.3 Å². The van der Waals surface area contributed by atoms with Gasteiger partial charge in [0.05, 0.1) is 22.6 Å². The van der Waals surface area contributed by atoms with Crippen molar-refractivity contribution in [2.45, 2.75) is 57.8 Å². The molecular weight excluding hydrogens is 397 g/mol. The van der Waals surface area contributed by atoms with E-state index < -0.39 is 0 Å². The lowest BCUT2D eigenvalue weighted by atomic mass is 9.67. The second kappa shape index (κ2) is 8.00. The molecule has 4 rings (SSSR count). The summed E-state index contributed by atoms with van der Waals surface area (Å²) in [6, 6.07) is 3.61. The number of ether oxygens (including phenoxy) is 1. The summed E-state index contributed by atoms with van der Waals surface area (Å²) in [6.07, 6.45) is 5.08. The van der Waals surface area contributed by atoms with Crippen LogP contribution >= 0.6 is 23.2 Å². The molecule has 1 aromatic rings. The first-order valence-electron chi connectivity index (χ1n) is 9.99. The number of allylic oxidation sites excluding steroid dienone is 2. The van der Waals surface area contributed by atoms with E-state index in [1.807, 2.05) is 6.92 Å². The Labute approximate surface area is 175 Å². The number of halogens is 2. The number of nitrogens with zero attached hydrogens (tertiary/aromatic N) is 1. The van der Waals surface area contributed by atoms with Gasteiger partial charge in [-0.15, -0.1) is 0 Å². The molecule has 1 fully saturated rings. The van der Waals surface area contributed by atoms with Crippen LogP contribution in [0.2, 0.25) is 10.0 Å². The number of rotatable bonds is 4. The molecule has 0 spiro atoms. The van der Waals surface area contributed by atoms with E-state index in [0.717, 1.165) is 49.1 Å². The molecule has 2 aliphatic carbocycles. The van der Waals surface area contributed by atoms with Gasteiger partial charge >= 0.3 is 0 Å². The molecule has 1 unspecified atom stereocenters. The maximum atomic E-state index is 12.9. The Bertz CT molecular complexity index is 880. The third-order valence-electron chi connectivity index (χ3n) is 5.74. The molecule has 148 valence electrons. The normalized spacial score (nSPS) is 24.6. The number of Topliss-reactive ketones (excluding diaryl/α,β-unsaturated/α-hetero) is 2. The van der Waals surface area contributed by atoms with Crippen LogP contribution in [0.1, 0.15) is 63.4 Å². The van der Waals surface area contributed by atoms with E-state index >= 15 is 0 Å². The van der Waals surface area contributed by atoms with Crippen LogP contribution in [0, 0.1) is 5.92 Å². The van der Waals surface area contributed by atoms with Crippen molar-refractivity contribution in [3.8, 4) is 5.75 Å². The van der Waals surface area contributed by atoms with Gasteiger partial charge in [-0.1, -0.05) is 30.1 Å². The minimum absolute atomic E-state index is 0.0889. The van der Waals surface area contributed by atoms with Crippen molar-refractivity contribution in [1.29, 1.82) is 0 Å². The van der Waals surface area contributed by atoms with Gasteiger partial charge in [-0.2, -0.15) is 0 Å². The maximum Gasteiger partial charge on any atom is 0.161 e. The number of carbonyl (C=O) groups is 2. The predicted octanol–water partition coefficient (Wildman–Crippen LogP) is 5.70. The molecule has 0 saturated heterocycles. The van der Waals surface area contributed by atoms with Crippen molar-refractivity contribution in [3.63, 3.8) is 0 Å². The SMILES string of the molecule is CCCOc1c(Cl)cc([C@H]2C3=C(CCCC3=O)N=C3CCCC(=O)C32)cc1Cl. The zero-order valence-electron chi connectivity index (χ0n) is 15.9. The van der Waals surface area contributed by atoms with Gasteiger partial charge in [0.2, 0.25) is 0 Å². The van der Waals surface area contributed by atoms with Crippen LogP contribution in [-0.2, 0) is 9.59 Å². The van der Waals surface area contributed by atoms with Crippen molar-refractivity contribution in [1.82, 2.24) is 0 Å². The first-order chi connectivity index (χ1) is 13.5. The fourth-order valence-corrected chi connectivity index (χ4v) is 5.17. The van der Waals surface area contributed by atoms with Gasteiger partial charge in [0, 0.05) is 35.7 Å². The van der Waals surface area contributed by atoms with Crippen LogP contribution < -0.4 is 4.74 Å². The Morgan fingerprint density at radius 3 is 2.46 bits per heavy atom. The van der Waals surface area contributed by atoms with E-state index in [4.69, 9.17) is 32.9 Å². The van der Waals surface area contributed by atoms with E-state index in [9.17, 15) is 9.59 Å². The minimum atomic E-state index is -0.385. The lowest BCUT2D eigenvalue weighted by Crippen LogP contribution is -2.39. The summed E-state index contributed by atoms with van der Waals surface area (Å²) in [5.41, 5.74) is 3.24. The van der Waals surface area contributed by atoms with E-state index in [-0.39, 0.29) is 23.4 Å². The summed E-state index contributed by atoms with van der Waals surface area (Å²) in [5, 5.41) is 0.822. The van der Waals surface area contributed by atoms with Gasteiger partial charge in [0.25, 0.3) is 0 Å². The van der Waals surface area contributed by atoms with E-state index in [1.54, 1.807) is 12.1 Å². The predicted molar refractivity (Wildman–Crippen MR) is 111 cm³/mol. The molecule has 0 radical (unpaired) electrons. The average molecular weight is 420 g/mol. The van der Waals surface area contributed by atoms with Gasteiger partial charge in [-0.25, -0.2) is 0 Å². The Kier molecular flexibility index (Phi) is 5.62. The van der Waals surface area contributed by atoms with Crippen LogP contribution in [0.4, 0.5) is 0 Å². The first-order valence-corrected chi connectivity index (χ1v) is 10.7. The molecular formula is C22H23Cl2NO3. The average Bonchev–Trinajstić information content (AvgIpc) is 2.66. The van der Waals surface area contributed by atoms with Crippen molar-refractivity contribution in [3.05, 3.63) is 39.0 Å². The summed E-state index contributed by atoms with van der Waals surface area (Å²) in [5.74, 6) is -0.0374. The molecule has 1 aromatic carbocycles. The fraction of sp³-hybridized carbons (Fsp3) is 0.500. The molecule has 4 nitrogen and oxygen atoms in total. The Morgan fingerprint density at radius 2 is 1.75 bits per heavy atom. The van der Waals surface area contributed by atoms with E-state index in [0.29, 0.717) is 40.8 Å². The molecule has 1 heterocycles. The van der Waals surface area contributed by atoms with Gasteiger partial charge < -0.3 is 4.74 Å². The quantitative estimate of drug-likeness (QED) is 0.628. The van der Waals surface area contributed by atoms with Crippen LogP contribution in [-0.4, -0.2) is 23.9 Å². The Hall–Kier alpha value is -1.65. The van der Waals surface area contributed by atoms with E-state index in [2.05, 4.69) is 0 Å². The number of fused-ring (bicyclic) bond motifs is 1. The summed E-state index contributed by atoms with van der Waals surface area (Å²) in [6.45, 7) is 2.53. The number of aliphatic imine (C=N–C) groups is 1. The van der Waals surface area contributed by atoms with Gasteiger partial charge in [0.1, 0.15) is 5.78 Å². The highest BCUT2D eigenvalue weighted by atomic mass is 35.5. The van der Waals surface area contributed by atoms with Crippen LogP contribution in [0.25, 0.3) is 0 Å². The van der Waals surface area contributed by atoms with E-state index in [1.165, 1.54) is 0 Å². The highest BCUT2D eigenvalue weighted by molar-refractivity contribution is 6.37. The third kappa shape index (κ3) is 3.42. The van der Waals surface area contributed by atoms with Crippen molar-refractivity contribution in [2.75, 3.05) is 6.61 Å². The molecule has 6 heteroatoms. The highest BCUT2D eigenvalue weighted by Crippen LogP contribution is 2.48. The molecule has 3 aliphatic rings. The number of benzene rings is 1. The molecule has 0 bridgehead atoms. The second-order valence-corrected chi connectivity index (χ2v) is 8.49. The summed E-state index contributed by atoms with van der Waals surface area (Å²) in [7, 11) is 0. The maximum absolute atomic E-state index is 12.9. The zero-order chi connectivity index (χ0) is 19.8. The number of carbonyl (C=O) groups excluding carboxylic acids is 2. The van der Waals surface area contributed by atoms with Gasteiger partial charge in [0.15, 0.2) is 11.5 Å². The first kappa shape index (κ1) is 19.7. The van der Waals surface area contributed by atoms with Crippen molar-refractivity contribution >= 4 is 40.5 Å². The molecule has 2 atom stereocenters. The molecule has 1 aliphatic heterocycles. The largest absolute Gasteiger partial charge is 0.490 e. The highest BCUT2D eigenvalue weighted by Gasteiger charge is 2.44. The standard InChI is InChI=1S/C22H23Cl2NO3/c1-2-9-28-22-13(23)10-12(11-14(22)24)19-20-15(5-3-7-17(20)26)25-16-6-4-8-18(27)21(16)19/h10-11,19-20H,2-9H2,1H3/t19-,20?/m1/s1. The number of hydrogen-bond donors (Lipinski definition) is 0. The Morgan fingerprint density at radius 1 is 1.04 bits per heavy atom. The smallest absolute Gasteiger partial charge is 0.161 e. The molecule has 0 N–H and O–H groups in total. The summed E-state index contributed by atoms with van der Waals surface area (Å²) in [4.78, 5) is 30.5. The molecule has 0 aromatic heterocycles. The number of ketones is 2. The summed E-state index contributed by atoms with van der Waals surface area (Å²) < 4.78 is 5.68. The Balaban J connectivity index is 1.84. The fourth-order valence-electron chi connectivity index (χ4n) is 4.56.